The minimum absolute atomic E-state index is 0. The van der Waals surface area contributed by atoms with Crippen molar-refractivity contribution in [3.63, 3.8) is 0 Å². The number of aliphatic hydroxyl groups excluding tert-OH is 1. The molecule has 6 nitrogen and oxygen atoms in total. The summed E-state index contributed by atoms with van der Waals surface area (Å²) in [5, 5.41) is 20.7. The third-order valence-corrected chi connectivity index (χ3v) is 3.80. The van der Waals surface area contributed by atoms with Crippen LogP contribution in [-0.4, -0.2) is 29.3 Å². The van der Waals surface area contributed by atoms with E-state index in [1.54, 1.807) is 0 Å². The zero-order valence-corrected chi connectivity index (χ0v) is 17.9. The van der Waals surface area contributed by atoms with E-state index in [1.807, 2.05) is 43.3 Å². The van der Waals surface area contributed by atoms with Gasteiger partial charge in [0, 0.05) is 19.2 Å². The van der Waals surface area contributed by atoms with E-state index in [1.165, 1.54) is 0 Å². The zero-order chi connectivity index (χ0) is 18.1. The molecule has 0 radical (unpaired) electrons. The lowest BCUT2D eigenvalue weighted by atomic mass is 10.1. The fourth-order valence-corrected chi connectivity index (χ4v) is 2.34. The van der Waals surface area contributed by atoms with Crippen molar-refractivity contribution in [2.24, 2.45) is 4.99 Å². The minimum atomic E-state index is -0.487. The van der Waals surface area contributed by atoms with Gasteiger partial charge in [-0.3, -0.25) is 0 Å². The van der Waals surface area contributed by atoms with Gasteiger partial charge in [-0.05, 0) is 24.8 Å². The Kier molecular flexibility index (Phi) is 10.3. The molecule has 0 saturated heterocycles. The van der Waals surface area contributed by atoms with E-state index in [-0.39, 0.29) is 24.0 Å². The third kappa shape index (κ3) is 7.33. The molecule has 0 bridgehead atoms. The molecule has 0 aliphatic carbocycles. The number of nitrogens with one attached hydrogen (secondary N) is 2. The van der Waals surface area contributed by atoms with Crippen LogP contribution in [0.4, 0.5) is 0 Å². The zero-order valence-electron chi connectivity index (χ0n) is 15.6. The second-order valence-corrected chi connectivity index (χ2v) is 6.21. The highest BCUT2D eigenvalue weighted by Crippen LogP contribution is 2.15. The van der Waals surface area contributed by atoms with Crippen LogP contribution in [0.2, 0.25) is 0 Å². The Hall–Kier alpha value is -1.61. The minimum Gasteiger partial charge on any atom is -0.388 e. The first-order valence-corrected chi connectivity index (χ1v) is 8.80. The largest absolute Gasteiger partial charge is 0.388 e. The summed E-state index contributed by atoms with van der Waals surface area (Å²) in [7, 11) is 0. The predicted octanol–water partition coefficient (Wildman–Crippen LogP) is 3.59. The average molecular weight is 472 g/mol. The molecule has 1 aromatic carbocycles. The van der Waals surface area contributed by atoms with Crippen LogP contribution in [0.5, 0.6) is 0 Å². The van der Waals surface area contributed by atoms with Crippen LogP contribution in [-0.2, 0) is 6.54 Å². The number of aromatic nitrogens is 1. The number of aliphatic hydroxyl groups is 1. The van der Waals surface area contributed by atoms with Gasteiger partial charge in [0.15, 0.2) is 11.7 Å². The second-order valence-electron chi connectivity index (χ2n) is 6.21. The van der Waals surface area contributed by atoms with Crippen LogP contribution in [0.15, 0.2) is 45.9 Å². The molecule has 1 aromatic heterocycles. The molecule has 144 valence electrons. The van der Waals surface area contributed by atoms with E-state index in [0.717, 1.165) is 23.6 Å². The first-order chi connectivity index (χ1) is 12.1. The van der Waals surface area contributed by atoms with E-state index in [4.69, 9.17) is 4.52 Å². The summed E-state index contributed by atoms with van der Waals surface area (Å²) in [4.78, 5) is 4.51. The average Bonchev–Trinajstić information content (AvgIpc) is 3.09. The summed E-state index contributed by atoms with van der Waals surface area (Å²) in [6, 6.07) is 11.6. The molecule has 0 aliphatic rings. The van der Waals surface area contributed by atoms with Crippen molar-refractivity contribution in [1.82, 2.24) is 15.8 Å². The van der Waals surface area contributed by atoms with E-state index in [9.17, 15) is 5.11 Å². The van der Waals surface area contributed by atoms with Gasteiger partial charge < -0.3 is 20.3 Å². The molecule has 0 amide bonds. The van der Waals surface area contributed by atoms with Gasteiger partial charge >= 0.3 is 0 Å². The molecule has 1 heterocycles. The van der Waals surface area contributed by atoms with Crippen LogP contribution in [0.3, 0.4) is 0 Å². The molecular weight excluding hydrogens is 443 g/mol. The van der Waals surface area contributed by atoms with Gasteiger partial charge in [-0.25, -0.2) is 4.99 Å². The van der Waals surface area contributed by atoms with Crippen LogP contribution < -0.4 is 10.6 Å². The smallest absolute Gasteiger partial charge is 0.191 e. The van der Waals surface area contributed by atoms with Gasteiger partial charge in [-0.2, -0.15) is 0 Å². The number of hydrogen-bond donors (Lipinski definition) is 3. The number of nitrogens with zero attached hydrogens (tertiary/aromatic N) is 2. The highest BCUT2D eigenvalue weighted by Gasteiger charge is 2.09. The Morgan fingerprint density at radius 1 is 1.23 bits per heavy atom. The fraction of sp³-hybridized carbons (Fsp3) is 0.474. The fourth-order valence-electron chi connectivity index (χ4n) is 2.34. The number of guanidine groups is 1. The molecule has 0 spiro atoms. The molecule has 2 aromatic rings. The molecule has 3 N–H and O–H groups in total. The lowest BCUT2D eigenvalue weighted by Gasteiger charge is -2.14. The molecular formula is C19H29IN4O2. The first kappa shape index (κ1) is 22.4. The van der Waals surface area contributed by atoms with Gasteiger partial charge in [-0.1, -0.05) is 49.3 Å². The van der Waals surface area contributed by atoms with Crippen LogP contribution >= 0.6 is 24.0 Å². The van der Waals surface area contributed by atoms with Gasteiger partial charge in [0.1, 0.15) is 6.54 Å². The number of aliphatic imine (C=N–C) groups is 1. The number of hydrogen-bond acceptors (Lipinski definition) is 4. The van der Waals surface area contributed by atoms with Crippen molar-refractivity contribution in [3.8, 4) is 0 Å². The highest BCUT2D eigenvalue weighted by molar-refractivity contribution is 14.0. The Morgan fingerprint density at radius 3 is 2.58 bits per heavy atom. The first-order valence-electron chi connectivity index (χ1n) is 8.80. The quantitative estimate of drug-likeness (QED) is 0.311. The summed E-state index contributed by atoms with van der Waals surface area (Å²) in [5.41, 5.74) is 1.86. The summed E-state index contributed by atoms with van der Waals surface area (Å²) in [6.07, 6.45) is 0.119. The Balaban J connectivity index is 0.00000338. The van der Waals surface area contributed by atoms with Gasteiger partial charge in [-0.15, -0.1) is 24.0 Å². The maximum absolute atomic E-state index is 10.2. The van der Waals surface area contributed by atoms with E-state index in [0.29, 0.717) is 31.4 Å². The third-order valence-electron chi connectivity index (χ3n) is 3.80. The molecule has 0 aliphatic heterocycles. The van der Waals surface area contributed by atoms with Crippen molar-refractivity contribution >= 4 is 29.9 Å². The Labute approximate surface area is 172 Å². The molecule has 2 rings (SSSR count). The van der Waals surface area contributed by atoms with Crippen molar-refractivity contribution in [2.75, 3.05) is 13.1 Å². The van der Waals surface area contributed by atoms with Crippen molar-refractivity contribution in [2.45, 2.75) is 45.8 Å². The second kappa shape index (κ2) is 11.9. The van der Waals surface area contributed by atoms with Crippen LogP contribution in [0.25, 0.3) is 0 Å². The number of rotatable bonds is 8. The maximum Gasteiger partial charge on any atom is 0.191 e. The standard InChI is InChI=1S/C19H28N4O2.HI/c1-4-20-19(22-13-16-12-17(14(2)3)23-25-16)21-11-10-18(24)15-8-6-5-7-9-15;/h5-9,12,14,18,24H,4,10-11,13H2,1-3H3,(H2,20,21,22);1H. The lowest BCUT2D eigenvalue weighted by Crippen LogP contribution is -2.38. The molecule has 1 atom stereocenters. The predicted molar refractivity (Wildman–Crippen MR) is 115 cm³/mol. The van der Waals surface area contributed by atoms with E-state index < -0.39 is 6.10 Å². The van der Waals surface area contributed by atoms with E-state index >= 15 is 0 Å². The van der Waals surface area contributed by atoms with Gasteiger partial charge in [0.25, 0.3) is 0 Å². The van der Waals surface area contributed by atoms with Crippen molar-refractivity contribution in [1.29, 1.82) is 0 Å². The Bertz CT molecular complexity index is 659. The maximum atomic E-state index is 10.2. The summed E-state index contributed by atoms with van der Waals surface area (Å²) >= 11 is 0. The number of halogens is 1. The highest BCUT2D eigenvalue weighted by atomic mass is 127. The molecule has 26 heavy (non-hydrogen) atoms. The normalized spacial score (nSPS) is 12.6. The van der Waals surface area contributed by atoms with Gasteiger partial charge in [0.05, 0.1) is 11.8 Å². The Morgan fingerprint density at radius 2 is 1.96 bits per heavy atom. The van der Waals surface area contributed by atoms with E-state index in [2.05, 4.69) is 34.6 Å². The van der Waals surface area contributed by atoms with Crippen LogP contribution in [0.1, 0.15) is 56.2 Å². The topological polar surface area (TPSA) is 82.7 Å². The summed E-state index contributed by atoms with van der Waals surface area (Å²) in [5.74, 6) is 1.78. The molecule has 7 heteroatoms. The monoisotopic (exact) mass is 472 g/mol. The molecule has 0 saturated carbocycles. The number of benzene rings is 1. The molecule has 1 unspecified atom stereocenters. The lowest BCUT2D eigenvalue weighted by molar-refractivity contribution is 0.168. The SMILES string of the molecule is CCNC(=NCc1cc(C(C)C)no1)NCCC(O)c1ccccc1.I. The van der Waals surface area contributed by atoms with Crippen LogP contribution in [0, 0.1) is 0 Å². The summed E-state index contributed by atoms with van der Waals surface area (Å²) < 4.78 is 5.30. The molecule has 0 fully saturated rings. The van der Waals surface area contributed by atoms with Gasteiger partial charge in [0.2, 0.25) is 0 Å². The summed E-state index contributed by atoms with van der Waals surface area (Å²) in [6.45, 7) is 7.98. The van der Waals surface area contributed by atoms with Crippen molar-refractivity contribution in [3.05, 3.63) is 53.4 Å². The van der Waals surface area contributed by atoms with Crippen molar-refractivity contribution < 1.29 is 9.63 Å².